The van der Waals surface area contributed by atoms with Gasteiger partial charge in [0.2, 0.25) is 23.6 Å². The lowest BCUT2D eigenvalue weighted by atomic mass is 9.77. The first-order valence-electron chi connectivity index (χ1n) is 18.1. The van der Waals surface area contributed by atoms with E-state index in [4.69, 9.17) is 4.74 Å². The Kier molecular flexibility index (Phi) is 14.1. The second-order valence-corrected chi connectivity index (χ2v) is 13.2. The van der Waals surface area contributed by atoms with Gasteiger partial charge >= 0.3 is 6.09 Å². The molecule has 0 radical (unpaired) electrons. The number of amides is 5. The first-order valence-corrected chi connectivity index (χ1v) is 18.1. The molecule has 12 heteroatoms. The second-order valence-electron chi connectivity index (χ2n) is 13.2. The third-order valence-corrected chi connectivity index (χ3v) is 9.07. The molecule has 5 aromatic rings. The molecule has 0 unspecified atom stereocenters. The molecule has 5 amide bonds. The van der Waals surface area contributed by atoms with Crippen LogP contribution >= 0.6 is 0 Å². The van der Waals surface area contributed by atoms with Gasteiger partial charge < -0.3 is 36.4 Å². The van der Waals surface area contributed by atoms with Gasteiger partial charge in [-0.05, 0) is 53.8 Å². The molecule has 0 aliphatic carbocycles. The van der Waals surface area contributed by atoms with Crippen LogP contribution in [0.1, 0.15) is 48.1 Å². The summed E-state index contributed by atoms with van der Waals surface area (Å²) in [7, 11) is 0. The Bertz CT molecular complexity index is 1970. The van der Waals surface area contributed by atoms with Crippen LogP contribution in [-0.2, 0) is 42.7 Å². The summed E-state index contributed by atoms with van der Waals surface area (Å²) in [5.41, 5.74) is 2.89. The molecule has 0 bridgehead atoms. The summed E-state index contributed by atoms with van der Waals surface area (Å²) in [6.45, 7) is 2.67. The summed E-state index contributed by atoms with van der Waals surface area (Å²) in [4.78, 5) is 67.1. The lowest BCUT2D eigenvalue weighted by Gasteiger charge is -2.37. The van der Waals surface area contributed by atoms with Crippen molar-refractivity contribution in [2.24, 2.45) is 0 Å². The minimum atomic E-state index is -1.40. The average Bonchev–Trinajstić information content (AvgIpc) is 3.23. The van der Waals surface area contributed by atoms with Gasteiger partial charge in [0, 0.05) is 5.69 Å². The number of aliphatic hydroxyl groups is 1. The number of anilines is 1. The maximum Gasteiger partial charge on any atom is 0.408 e. The quantitative estimate of drug-likeness (QED) is 0.0776. The highest BCUT2D eigenvalue weighted by Gasteiger charge is 2.39. The fraction of sp³-hybridized carbons (Fsp3) is 0.205. The SMILES string of the molecule is C[C@H](NC(=O)OCc1ccccc1)C(=O)N[C@@H](C)C(=O)N[C@@H](CC(=O)NC(c1ccccc1)(c1ccccc1)c1ccccc1)C(=O)Nc1ccc(CO)cc1. The molecular weight excluding hydrogens is 711 g/mol. The van der Waals surface area contributed by atoms with Crippen LogP contribution in [0.2, 0.25) is 0 Å². The molecule has 0 aliphatic rings. The fourth-order valence-electron chi connectivity index (χ4n) is 6.07. The van der Waals surface area contributed by atoms with Crippen molar-refractivity contribution in [1.29, 1.82) is 0 Å². The van der Waals surface area contributed by atoms with Crippen LogP contribution in [-0.4, -0.2) is 53.0 Å². The highest BCUT2D eigenvalue weighted by molar-refractivity contribution is 6.01. The molecule has 0 fully saturated rings. The van der Waals surface area contributed by atoms with Crippen molar-refractivity contribution in [3.8, 4) is 0 Å². The Morgan fingerprint density at radius 1 is 0.571 bits per heavy atom. The predicted octanol–water partition coefficient (Wildman–Crippen LogP) is 4.92. The van der Waals surface area contributed by atoms with E-state index in [-0.39, 0.29) is 13.2 Å². The van der Waals surface area contributed by atoms with E-state index >= 15 is 0 Å². The van der Waals surface area contributed by atoms with Gasteiger partial charge in [0.15, 0.2) is 0 Å². The van der Waals surface area contributed by atoms with Gasteiger partial charge in [-0.3, -0.25) is 19.2 Å². The van der Waals surface area contributed by atoms with E-state index in [1.807, 2.05) is 109 Å². The highest BCUT2D eigenvalue weighted by Crippen LogP contribution is 2.37. The van der Waals surface area contributed by atoms with Crippen molar-refractivity contribution < 1.29 is 33.8 Å². The molecule has 56 heavy (non-hydrogen) atoms. The number of carbonyl (C=O) groups excluding carboxylic acids is 5. The maximum absolute atomic E-state index is 14.3. The van der Waals surface area contributed by atoms with Crippen LogP contribution < -0.4 is 26.6 Å². The lowest BCUT2D eigenvalue weighted by molar-refractivity contribution is -0.132. The van der Waals surface area contributed by atoms with E-state index < -0.39 is 59.8 Å². The number of ether oxygens (including phenoxy) is 1. The normalized spacial score (nSPS) is 12.6. The van der Waals surface area contributed by atoms with Crippen molar-refractivity contribution in [1.82, 2.24) is 21.3 Å². The van der Waals surface area contributed by atoms with E-state index in [1.54, 1.807) is 36.4 Å². The zero-order valence-electron chi connectivity index (χ0n) is 31.1. The van der Waals surface area contributed by atoms with Gasteiger partial charge in [-0.2, -0.15) is 0 Å². The zero-order valence-corrected chi connectivity index (χ0v) is 31.1. The van der Waals surface area contributed by atoms with Gasteiger partial charge in [0.25, 0.3) is 0 Å². The van der Waals surface area contributed by atoms with Gasteiger partial charge in [0.05, 0.1) is 13.0 Å². The van der Waals surface area contributed by atoms with E-state index in [0.29, 0.717) is 11.3 Å². The van der Waals surface area contributed by atoms with E-state index in [0.717, 1.165) is 22.3 Å². The number of carbonyl (C=O) groups is 5. The standard InChI is InChI=1S/C44H45N5O7/c1-30(45-40(52)31(2)46-43(55)56-29-33-15-7-3-8-16-33)41(53)48-38(42(54)47-37-25-23-32(28-50)24-26-37)27-39(51)49-44(34-17-9-4-10-18-34,35-19-11-5-12-20-35)36-21-13-6-14-22-36/h3-26,30-31,38,50H,27-29H2,1-2H3,(H,45,52)(H,46,55)(H,47,54)(H,48,53)(H,49,51)/t30-,31-,38-/m0/s1. The molecule has 5 aromatic carbocycles. The number of rotatable bonds is 16. The Hall–Kier alpha value is -6.79. The Labute approximate surface area is 325 Å². The molecular formula is C44H45N5O7. The first-order chi connectivity index (χ1) is 27.1. The Balaban J connectivity index is 1.34. The third-order valence-electron chi connectivity index (χ3n) is 9.07. The predicted molar refractivity (Wildman–Crippen MR) is 212 cm³/mol. The monoisotopic (exact) mass is 755 g/mol. The zero-order chi connectivity index (χ0) is 39.9. The second kappa shape index (κ2) is 19.5. The molecule has 0 spiro atoms. The Morgan fingerprint density at radius 3 is 1.54 bits per heavy atom. The third kappa shape index (κ3) is 10.7. The van der Waals surface area contributed by atoms with Crippen LogP contribution in [0.4, 0.5) is 10.5 Å². The molecule has 3 atom stereocenters. The maximum atomic E-state index is 14.3. The Morgan fingerprint density at radius 2 is 1.04 bits per heavy atom. The summed E-state index contributed by atoms with van der Waals surface area (Å²) in [6.07, 6.45) is -1.30. The van der Waals surface area contributed by atoms with Crippen molar-refractivity contribution in [3.05, 3.63) is 173 Å². The molecule has 12 nitrogen and oxygen atoms in total. The van der Waals surface area contributed by atoms with Gasteiger partial charge in [-0.1, -0.05) is 133 Å². The summed E-state index contributed by atoms with van der Waals surface area (Å²) >= 11 is 0. The largest absolute Gasteiger partial charge is 0.445 e. The molecule has 0 saturated carbocycles. The molecule has 288 valence electrons. The number of hydrogen-bond donors (Lipinski definition) is 6. The van der Waals surface area contributed by atoms with Crippen molar-refractivity contribution in [2.45, 2.75) is 57.1 Å². The topological polar surface area (TPSA) is 175 Å². The first kappa shape index (κ1) is 40.4. The molecule has 6 N–H and O–H groups in total. The minimum absolute atomic E-state index is 0.00555. The average molecular weight is 756 g/mol. The van der Waals surface area contributed by atoms with Crippen LogP contribution in [0.25, 0.3) is 0 Å². The number of nitrogens with one attached hydrogen (secondary N) is 5. The number of benzene rings is 5. The van der Waals surface area contributed by atoms with Crippen molar-refractivity contribution >= 4 is 35.4 Å². The smallest absolute Gasteiger partial charge is 0.408 e. The van der Waals surface area contributed by atoms with Gasteiger partial charge in [-0.25, -0.2) is 4.79 Å². The summed E-state index contributed by atoms with van der Waals surface area (Å²) in [5, 5.41) is 23.0. The number of aliphatic hydroxyl groups excluding tert-OH is 1. The van der Waals surface area contributed by atoms with Crippen molar-refractivity contribution in [3.63, 3.8) is 0 Å². The molecule has 0 aliphatic heterocycles. The van der Waals surface area contributed by atoms with E-state index in [2.05, 4.69) is 26.6 Å². The van der Waals surface area contributed by atoms with Crippen LogP contribution in [0.5, 0.6) is 0 Å². The summed E-state index contributed by atoms with van der Waals surface area (Å²) in [5.74, 6) is -2.67. The van der Waals surface area contributed by atoms with Gasteiger partial charge in [0.1, 0.15) is 30.3 Å². The summed E-state index contributed by atoms with van der Waals surface area (Å²) in [6, 6.07) is 40.2. The molecule has 0 aromatic heterocycles. The van der Waals surface area contributed by atoms with Crippen LogP contribution in [0, 0.1) is 0 Å². The highest BCUT2D eigenvalue weighted by atomic mass is 16.5. The lowest BCUT2D eigenvalue weighted by Crippen LogP contribution is -2.56. The molecule has 5 rings (SSSR count). The van der Waals surface area contributed by atoms with Gasteiger partial charge in [-0.15, -0.1) is 0 Å². The number of alkyl carbamates (subject to hydrolysis) is 1. The van der Waals surface area contributed by atoms with Crippen molar-refractivity contribution in [2.75, 3.05) is 5.32 Å². The van der Waals surface area contributed by atoms with E-state index in [9.17, 15) is 29.1 Å². The molecule has 0 heterocycles. The van der Waals surface area contributed by atoms with Crippen LogP contribution in [0.15, 0.2) is 146 Å². The van der Waals surface area contributed by atoms with Crippen LogP contribution in [0.3, 0.4) is 0 Å². The van der Waals surface area contributed by atoms with E-state index in [1.165, 1.54) is 13.8 Å². The fourth-order valence-corrected chi connectivity index (χ4v) is 6.07. The molecule has 0 saturated heterocycles. The minimum Gasteiger partial charge on any atom is -0.445 e. The number of hydrogen-bond acceptors (Lipinski definition) is 7. The summed E-state index contributed by atoms with van der Waals surface area (Å²) < 4.78 is 5.19.